The van der Waals surface area contributed by atoms with E-state index in [1.54, 1.807) is 12.1 Å². The summed E-state index contributed by atoms with van der Waals surface area (Å²) >= 11 is 0. The molecule has 1 aromatic rings. The van der Waals surface area contributed by atoms with Gasteiger partial charge in [-0.1, -0.05) is 11.8 Å². The monoisotopic (exact) mass is 311 g/mol. The van der Waals surface area contributed by atoms with Crippen LogP contribution in [0.25, 0.3) is 0 Å². The van der Waals surface area contributed by atoms with E-state index >= 15 is 0 Å². The topological polar surface area (TPSA) is 83.9 Å². The fraction of sp³-hybridized carbons (Fsp3) is 0.357. The second kappa shape index (κ2) is 7.78. The van der Waals surface area contributed by atoms with Gasteiger partial charge in [0.05, 0.1) is 18.6 Å². The second-order valence-corrected chi connectivity index (χ2v) is 6.18. The van der Waals surface area contributed by atoms with E-state index in [0.717, 1.165) is 4.31 Å². The highest BCUT2D eigenvalue weighted by Crippen LogP contribution is 2.14. The lowest BCUT2D eigenvalue weighted by atomic mass is 10.2. The number of nitrogens with zero attached hydrogens (tertiary/aromatic N) is 1. The van der Waals surface area contributed by atoms with Gasteiger partial charge in [-0.2, -0.15) is 4.31 Å². The SMILES string of the molecule is COC(=O)CN(C)S(=O)(=O)c1ccc(C#CCCO)cc1. The molecule has 0 aromatic heterocycles. The molecule has 7 heteroatoms. The number of likely N-dealkylation sites (N-methyl/N-ethyl adjacent to an activating group) is 1. The van der Waals surface area contributed by atoms with Crippen molar-refractivity contribution in [3.05, 3.63) is 29.8 Å². The highest BCUT2D eigenvalue weighted by molar-refractivity contribution is 7.89. The fourth-order valence-electron chi connectivity index (χ4n) is 1.44. The van der Waals surface area contributed by atoms with Crippen molar-refractivity contribution < 1.29 is 23.1 Å². The summed E-state index contributed by atoms with van der Waals surface area (Å²) in [6, 6.07) is 5.99. The number of methoxy groups -OCH3 is 1. The number of esters is 1. The van der Waals surface area contributed by atoms with Crippen molar-refractivity contribution in [1.29, 1.82) is 0 Å². The minimum absolute atomic E-state index is 0.0161. The van der Waals surface area contributed by atoms with Gasteiger partial charge in [0, 0.05) is 19.0 Å². The Morgan fingerprint density at radius 3 is 2.48 bits per heavy atom. The van der Waals surface area contributed by atoms with E-state index in [4.69, 9.17) is 5.11 Å². The van der Waals surface area contributed by atoms with E-state index in [1.807, 2.05) is 0 Å². The lowest BCUT2D eigenvalue weighted by molar-refractivity contribution is -0.140. The van der Waals surface area contributed by atoms with Crippen molar-refractivity contribution in [2.75, 3.05) is 27.3 Å². The molecule has 1 N–H and O–H groups in total. The van der Waals surface area contributed by atoms with Crippen LogP contribution in [0.5, 0.6) is 0 Å². The number of aliphatic hydroxyl groups excluding tert-OH is 1. The predicted octanol–water partition coefficient (Wildman–Crippen LogP) is 0.214. The zero-order valence-corrected chi connectivity index (χ0v) is 12.7. The number of ether oxygens (including phenoxy) is 1. The Balaban J connectivity index is 2.90. The number of carbonyl (C=O) groups is 1. The number of hydrogen-bond donors (Lipinski definition) is 1. The molecule has 0 unspecified atom stereocenters. The molecular weight excluding hydrogens is 294 g/mol. The van der Waals surface area contributed by atoms with Crippen LogP contribution in [-0.2, 0) is 19.6 Å². The average Bonchev–Trinajstić information content (AvgIpc) is 2.47. The molecule has 0 atom stereocenters. The van der Waals surface area contributed by atoms with E-state index in [1.165, 1.54) is 26.3 Å². The Labute approximate surface area is 124 Å². The molecule has 21 heavy (non-hydrogen) atoms. The Morgan fingerprint density at radius 1 is 1.33 bits per heavy atom. The highest BCUT2D eigenvalue weighted by atomic mass is 32.2. The Bertz CT molecular complexity index is 640. The van der Waals surface area contributed by atoms with E-state index < -0.39 is 16.0 Å². The maximum atomic E-state index is 12.2. The van der Waals surface area contributed by atoms with Gasteiger partial charge < -0.3 is 9.84 Å². The van der Waals surface area contributed by atoms with Crippen LogP contribution in [0.1, 0.15) is 12.0 Å². The summed E-state index contributed by atoms with van der Waals surface area (Å²) in [5.74, 6) is 4.92. The zero-order valence-electron chi connectivity index (χ0n) is 11.9. The first kappa shape index (κ1) is 17.2. The molecule has 0 aliphatic rings. The van der Waals surface area contributed by atoms with Gasteiger partial charge in [-0.3, -0.25) is 4.79 Å². The number of rotatable bonds is 5. The molecular formula is C14H17NO5S. The Kier molecular flexibility index (Phi) is 6.37. The summed E-state index contributed by atoms with van der Waals surface area (Å²) in [7, 11) is -1.24. The molecule has 0 aliphatic carbocycles. The Morgan fingerprint density at radius 2 is 1.95 bits per heavy atom. The van der Waals surface area contributed by atoms with Gasteiger partial charge in [-0.25, -0.2) is 8.42 Å². The Hall–Kier alpha value is -1.88. The van der Waals surface area contributed by atoms with Crippen LogP contribution in [-0.4, -0.2) is 51.1 Å². The molecule has 1 aromatic carbocycles. The van der Waals surface area contributed by atoms with Gasteiger partial charge in [0.25, 0.3) is 0 Å². The molecule has 0 saturated heterocycles. The lowest BCUT2D eigenvalue weighted by Gasteiger charge is -2.15. The van der Waals surface area contributed by atoms with Gasteiger partial charge in [0.1, 0.15) is 6.54 Å². The van der Waals surface area contributed by atoms with Gasteiger partial charge in [-0.05, 0) is 24.3 Å². The van der Waals surface area contributed by atoms with Gasteiger partial charge >= 0.3 is 5.97 Å². The quantitative estimate of drug-likeness (QED) is 0.621. The molecule has 0 spiro atoms. The number of aliphatic hydroxyl groups is 1. The first-order valence-corrected chi connectivity index (χ1v) is 7.58. The molecule has 6 nitrogen and oxygen atoms in total. The van der Waals surface area contributed by atoms with Crippen molar-refractivity contribution in [3.8, 4) is 11.8 Å². The number of benzene rings is 1. The number of hydrogen-bond acceptors (Lipinski definition) is 5. The minimum Gasteiger partial charge on any atom is -0.468 e. The zero-order chi connectivity index (χ0) is 15.9. The normalized spacial score (nSPS) is 10.9. The summed E-state index contributed by atoms with van der Waals surface area (Å²) < 4.78 is 29.8. The highest BCUT2D eigenvalue weighted by Gasteiger charge is 2.22. The lowest BCUT2D eigenvalue weighted by Crippen LogP contribution is -2.32. The summed E-state index contributed by atoms with van der Waals surface area (Å²) in [4.78, 5) is 11.2. The minimum atomic E-state index is -3.74. The fourth-order valence-corrected chi connectivity index (χ4v) is 2.56. The molecule has 0 fully saturated rings. The third-order valence-electron chi connectivity index (χ3n) is 2.61. The molecule has 0 radical (unpaired) electrons. The summed E-state index contributed by atoms with van der Waals surface area (Å²) in [5.41, 5.74) is 0.651. The molecule has 114 valence electrons. The first-order chi connectivity index (χ1) is 9.91. The van der Waals surface area contributed by atoms with Crippen molar-refractivity contribution in [2.24, 2.45) is 0 Å². The van der Waals surface area contributed by atoms with Crippen LogP contribution in [0, 0.1) is 11.8 Å². The molecule has 1 rings (SSSR count). The maximum Gasteiger partial charge on any atom is 0.321 e. The molecule has 0 heterocycles. The summed E-state index contributed by atoms with van der Waals surface area (Å²) in [6.45, 7) is -0.366. The van der Waals surface area contributed by atoms with Crippen LogP contribution >= 0.6 is 0 Å². The van der Waals surface area contributed by atoms with Gasteiger partial charge in [0.2, 0.25) is 10.0 Å². The van der Waals surface area contributed by atoms with E-state index in [-0.39, 0.29) is 18.0 Å². The van der Waals surface area contributed by atoms with Crippen LogP contribution in [0.15, 0.2) is 29.2 Å². The van der Waals surface area contributed by atoms with Crippen LogP contribution in [0.4, 0.5) is 0 Å². The van der Waals surface area contributed by atoms with E-state index in [0.29, 0.717) is 12.0 Å². The number of sulfonamides is 1. The van der Waals surface area contributed by atoms with Crippen LogP contribution in [0.3, 0.4) is 0 Å². The van der Waals surface area contributed by atoms with Crippen molar-refractivity contribution in [2.45, 2.75) is 11.3 Å². The number of carbonyl (C=O) groups excluding carboxylic acids is 1. The largest absolute Gasteiger partial charge is 0.468 e. The van der Waals surface area contributed by atoms with Crippen molar-refractivity contribution in [3.63, 3.8) is 0 Å². The van der Waals surface area contributed by atoms with Crippen LogP contribution in [0.2, 0.25) is 0 Å². The standard InChI is InChI=1S/C14H17NO5S/c1-15(11-14(17)20-2)21(18,19)13-8-6-12(7-9-13)5-3-4-10-16/h6-9,16H,4,10-11H2,1-2H3. The van der Waals surface area contributed by atoms with Crippen molar-refractivity contribution in [1.82, 2.24) is 4.31 Å². The second-order valence-electron chi connectivity index (χ2n) is 4.14. The van der Waals surface area contributed by atoms with E-state index in [2.05, 4.69) is 16.6 Å². The van der Waals surface area contributed by atoms with Crippen LogP contribution < -0.4 is 0 Å². The third-order valence-corrected chi connectivity index (χ3v) is 4.43. The summed E-state index contributed by atoms with van der Waals surface area (Å²) in [5, 5.41) is 8.62. The molecule has 0 bridgehead atoms. The molecule has 0 aliphatic heterocycles. The van der Waals surface area contributed by atoms with E-state index in [9.17, 15) is 13.2 Å². The summed E-state index contributed by atoms with van der Waals surface area (Å²) in [6.07, 6.45) is 0.363. The van der Waals surface area contributed by atoms with Gasteiger partial charge in [0.15, 0.2) is 0 Å². The van der Waals surface area contributed by atoms with Crippen molar-refractivity contribution >= 4 is 16.0 Å². The molecule has 0 saturated carbocycles. The molecule has 0 amide bonds. The van der Waals surface area contributed by atoms with Gasteiger partial charge in [-0.15, -0.1) is 0 Å². The average molecular weight is 311 g/mol. The smallest absolute Gasteiger partial charge is 0.321 e. The maximum absolute atomic E-state index is 12.2. The predicted molar refractivity (Wildman–Crippen MR) is 76.9 cm³/mol. The third kappa shape index (κ3) is 4.86. The first-order valence-electron chi connectivity index (χ1n) is 6.14.